The Bertz CT molecular complexity index is 824. The number of nitrogens with zero attached hydrogens (tertiary/aromatic N) is 1. The van der Waals surface area contributed by atoms with Gasteiger partial charge in [0.1, 0.15) is 12.1 Å². The summed E-state index contributed by atoms with van der Waals surface area (Å²) in [5.41, 5.74) is -0.791. The second-order valence-corrected chi connectivity index (χ2v) is 7.22. The van der Waals surface area contributed by atoms with E-state index in [4.69, 9.17) is 11.6 Å². The van der Waals surface area contributed by atoms with Crippen LogP contribution in [0, 0.1) is 0 Å². The molecule has 0 radical (unpaired) electrons. The summed E-state index contributed by atoms with van der Waals surface area (Å²) in [4.78, 5) is 39.0. The molecule has 0 unspecified atom stereocenters. The molecular formula is C17H16ClN3O3S. The fourth-order valence-electron chi connectivity index (χ4n) is 2.69. The fourth-order valence-corrected chi connectivity index (χ4v) is 3.66. The number of carbonyl (C=O) groups is 3. The second kappa shape index (κ2) is 6.85. The number of hydrogen-bond donors (Lipinski definition) is 2. The maximum Gasteiger partial charge on any atom is 0.325 e. The zero-order valence-electron chi connectivity index (χ0n) is 13.4. The normalized spacial score (nSPS) is 19.8. The van der Waals surface area contributed by atoms with Gasteiger partial charge in [-0.2, -0.15) is 0 Å². The van der Waals surface area contributed by atoms with Crippen LogP contribution < -0.4 is 10.6 Å². The van der Waals surface area contributed by atoms with Gasteiger partial charge in [-0.25, -0.2) is 4.79 Å². The molecule has 4 amide bonds. The van der Waals surface area contributed by atoms with Crippen molar-refractivity contribution in [2.24, 2.45) is 0 Å². The minimum Gasteiger partial charge on any atom is -0.350 e. The Balaban J connectivity index is 1.71. The van der Waals surface area contributed by atoms with Crippen LogP contribution >= 0.6 is 22.9 Å². The first-order valence-corrected chi connectivity index (χ1v) is 8.86. The van der Waals surface area contributed by atoms with Crippen molar-refractivity contribution in [3.63, 3.8) is 0 Å². The van der Waals surface area contributed by atoms with Gasteiger partial charge >= 0.3 is 6.03 Å². The van der Waals surface area contributed by atoms with Crippen LogP contribution in [0.5, 0.6) is 0 Å². The van der Waals surface area contributed by atoms with Crippen LogP contribution in [-0.2, 0) is 21.7 Å². The average Bonchev–Trinajstić information content (AvgIpc) is 3.17. The first-order valence-electron chi connectivity index (χ1n) is 7.60. The molecule has 1 atom stereocenters. The molecule has 1 aromatic carbocycles. The molecule has 2 heterocycles. The highest BCUT2D eigenvalue weighted by molar-refractivity contribution is 7.09. The molecule has 1 aliphatic heterocycles. The second-order valence-electron chi connectivity index (χ2n) is 5.78. The van der Waals surface area contributed by atoms with Crippen molar-refractivity contribution in [1.82, 2.24) is 15.5 Å². The van der Waals surface area contributed by atoms with Gasteiger partial charge in [-0.05, 0) is 24.4 Å². The van der Waals surface area contributed by atoms with Gasteiger partial charge in [0.25, 0.3) is 5.91 Å². The van der Waals surface area contributed by atoms with Gasteiger partial charge < -0.3 is 10.6 Å². The third-order valence-electron chi connectivity index (χ3n) is 4.03. The number of nitrogens with one attached hydrogen (secondary N) is 2. The SMILES string of the molecule is C[C@]1(c2ccccc2Cl)NC(=O)N(CC(=O)NCc2cccs2)C1=O. The lowest BCUT2D eigenvalue weighted by atomic mass is 9.92. The van der Waals surface area contributed by atoms with Gasteiger partial charge in [0.15, 0.2) is 0 Å². The van der Waals surface area contributed by atoms with E-state index in [1.54, 1.807) is 31.2 Å². The Labute approximate surface area is 153 Å². The number of amides is 4. The van der Waals surface area contributed by atoms with Gasteiger partial charge in [0, 0.05) is 15.5 Å². The molecule has 1 fully saturated rings. The lowest BCUT2D eigenvalue weighted by molar-refractivity contribution is -0.134. The van der Waals surface area contributed by atoms with E-state index in [9.17, 15) is 14.4 Å². The van der Waals surface area contributed by atoms with E-state index in [0.29, 0.717) is 17.1 Å². The first-order chi connectivity index (χ1) is 11.9. The van der Waals surface area contributed by atoms with Crippen molar-refractivity contribution in [2.75, 3.05) is 6.54 Å². The van der Waals surface area contributed by atoms with Gasteiger partial charge in [0.2, 0.25) is 5.91 Å². The van der Waals surface area contributed by atoms with E-state index in [-0.39, 0.29) is 6.54 Å². The highest BCUT2D eigenvalue weighted by atomic mass is 35.5. The Morgan fingerprint density at radius 3 is 2.72 bits per heavy atom. The number of thiophene rings is 1. The lowest BCUT2D eigenvalue weighted by Crippen LogP contribution is -2.43. The Kier molecular flexibility index (Phi) is 4.78. The molecular weight excluding hydrogens is 362 g/mol. The Morgan fingerprint density at radius 2 is 2.04 bits per heavy atom. The summed E-state index contributed by atoms with van der Waals surface area (Å²) in [6.07, 6.45) is 0. The summed E-state index contributed by atoms with van der Waals surface area (Å²) in [6, 6.07) is 9.98. The van der Waals surface area contributed by atoms with Crippen molar-refractivity contribution < 1.29 is 14.4 Å². The number of rotatable bonds is 5. The van der Waals surface area contributed by atoms with Crippen LogP contribution in [0.15, 0.2) is 41.8 Å². The van der Waals surface area contributed by atoms with Crippen molar-refractivity contribution in [1.29, 1.82) is 0 Å². The number of urea groups is 1. The molecule has 8 heteroatoms. The van der Waals surface area contributed by atoms with Gasteiger partial charge in [-0.15, -0.1) is 11.3 Å². The van der Waals surface area contributed by atoms with Crippen LogP contribution in [-0.4, -0.2) is 29.3 Å². The molecule has 0 aliphatic carbocycles. The van der Waals surface area contributed by atoms with Crippen LogP contribution in [0.3, 0.4) is 0 Å². The Hall–Kier alpha value is -2.38. The van der Waals surface area contributed by atoms with E-state index in [2.05, 4.69) is 10.6 Å². The maximum absolute atomic E-state index is 12.8. The highest BCUT2D eigenvalue weighted by Gasteiger charge is 2.50. The molecule has 2 N–H and O–H groups in total. The molecule has 1 aliphatic rings. The fraction of sp³-hybridized carbons (Fsp3) is 0.235. The van der Waals surface area contributed by atoms with Gasteiger partial charge in [-0.1, -0.05) is 35.9 Å². The minimum absolute atomic E-state index is 0.337. The summed E-state index contributed by atoms with van der Waals surface area (Å²) in [5.74, 6) is -0.905. The largest absolute Gasteiger partial charge is 0.350 e. The molecule has 0 bridgehead atoms. The summed E-state index contributed by atoms with van der Waals surface area (Å²) in [5, 5.41) is 7.63. The molecule has 1 saturated heterocycles. The standard InChI is InChI=1S/C17H16ClN3O3S/c1-17(12-6-2-3-7-13(12)18)15(23)21(16(24)20-17)10-14(22)19-9-11-5-4-8-25-11/h2-8H,9-10H2,1H3,(H,19,22)(H,20,24)/t17-/m1/s1. The number of halogens is 1. The molecule has 6 nitrogen and oxygen atoms in total. The minimum atomic E-state index is -1.29. The molecule has 0 saturated carbocycles. The molecule has 25 heavy (non-hydrogen) atoms. The van der Waals surface area contributed by atoms with Crippen molar-refractivity contribution in [2.45, 2.75) is 19.0 Å². The summed E-state index contributed by atoms with van der Waals surface area (Å²) in [6.45, 7) is 1.61. The number of benzene rings is 1. The molecule has 130 valence electrons. The van der Waals surface area contributed by atoms with E-state index >= 15 is 0 Å². The maximum atomic E-state index is 12.8. The summed E-state index contributed by atoms with van der Waals surface area (Å²) in [7, 11) is 0. The van der Waals surface area contributed by atoms with Crippen LogP contribution in [0.25, 0.3) is 0 Å². The van der Waals surface area contributed by atoms with E-state index in [1.165, 1.54) is 11.3 Å². The van der Waals surface area contributed by atoms with Crippen molar-refractivity contribution in [3.05, 3.63) is 57.2 Å². The van der Waals surface area contributed by atoms with E-state index in [0.717, 1.165) is 9.78 Å². The number of hydrogen-bond acceptors (Lipinski definition) is 4. The molecule has 1 aromatic heterocycles. The van der Waals surface area contributed by atoms with Crippen molar-refractivity contribution in [3.8, 4) is 0 Å². The summed E-state index contributed by atoms with van der Waals surface area (Å²) < 4.78 is 0. The van der Waals surface area contributed by atoms with Crippen molar-refractivity contribution >= 4 is 40.8 Å². The zero-order valence-corrected chi connectivity index (χ0v) is 15.0. The third kappa shape index (κ3) is 3.38. The monoisotopic (exact) mass is 377 g/mol. The quantitative estimate of drug-likeness (QED) is 0.786. The topological polar surface area (TPSA) is 78.5 Å². The predicted molar refractivity (Wildman–Crippen MR) is 95.2 cm³/mol. The van der Waals surface area contributed by atoms with Crippen LogP contribution in [0.2, 0.25) is 5.02 Å². The molecule has 3 rings (SSSR count). The van der Waals surface area contributed by atoms with Gasteiger partial charge in [-0.3, -0.25) is 14.5 Å². The number of imide groups is 1. The van der Waals surface area contributed by atoms with Gasteiger partial charge in [0.05, 0.1) is 6.54 Å². The Morgan fingerprint density at radius 1 is 1.28 bits per heavy atom. The van der Waals surface area contributed by atoms with E-state index in [1.807, 2.05) is 17.5 Å². The molecule has 0 spiro atoms. The van der Waals surface area contributed by atoms with Crippen LogP contribution in [0.1, 0.15) is 17.4 Å². The highest BCUT2D eigenvalue weighted by Crippen LogP contribution is 2.33. The van der Waals surface area contributed by atoms with E-state index < -0.39 is 23.4 Å². The number of carbonyl (C=O) groups excluding carboxylic acids is 3. The third-order valence-corrected chi connectivity index (χ3v) is 5.24. The smallest absolute Gasteiger partial charge is 0.325 e. The first kappa shape index (κ1) is 17.4. The summed E-state index contributed by atoms with van der Waals surface area (Å²) >= 11 is 7.69. The zero-order chi connectivity index (χ0) is 18.0. The molecule has 2 aromatic rings. The average molecular weight is 378 g/mol. The predicted octanol–water partition coefficient (Wildman–Crippen LogP) is 2.48. The van der Waals surface area contributed by atoms with Crippen LogP contribution in [0.4, 0.5) is 4.79 Å². The lowest BCUT2D eigenvalue weighted by Gasteiger charge is -2.23.